The van der Waals surface area contributed by atoms with Gasteiger partial charge in [-0.25, -0.2) is 4.99 Å². The summed E-state index contributed by atoms with van der Waals surface area (Å²) in [5.41, 5.74) is 3.87. The molecule has 0 aliphatic carbocycles. The second-order valence-electron chi connectivity index (χ2n) is 7.74. The Morgan fingerprint density at radius 1 is 1.00 bits per heavy atom. The van der Waals surface area contributed by atoms with E-state index in [9.17, 15) is 4.79 Å². The van der Waals surface area contributed by atoms with Gasteiger partial charge >= 0.3 is 0 Å². The van der Waals surface area contributed by atoms with Crippen molar-refractivity contribution in [3.8, 4) is 0 Å². The zero-order valence-electron chi connectivity index (χ0n) is 16.7. The molecule has 0 spiro atoms. The first kappa shape index (κ1) is 18.5. The molecule has 5 nitrogen and oxygen atoms in total. The van der Waals surface area contributed by atoms with E-state index in [4.69, 9.17) is 4.99 Å². The van der Waals surface area contributed by atoms with Gasteiger partial charge in [0.15, 0.2) is 5.17 Å². The molecule has 0 N–H and O–H groups in total. The third-order valence-corrected chi connectivity index (χ3v) is 6.89. The molecule has 5 rings (SSSR count). The summed E-state index contributed by atoms with van der Waals surface area (Å²) < 4.78 is 0. The molecule has 2 aromatic carbocycles. The number of nitrogens with zero attached hydrogens (tertiary/aromatic N) is 4. The maximum atomic E-state index is 13.7. The molecule has 148 valence electrons. The van der Waals surface area contributed by atoms with E-state index in [-0.39, 0.29) is 11.9 Å². The van der Waals surface area contributed by atoms with Crippen LogP contribution in [0.3, 0.4) is 0 Å². The number of piperazine rings is 1. The van der Waals surface area contributed by atoms with Crippen molar-refractivity contribution in [3.05, 3.63) is 71.4 Å². The van der Waals surface area contributed by atoms with E-state index in [1.807, 2.05) is 30.0 Å². The molecular formula is C23H24N4OS. The van der Waals surface area contributed by atoms with Crippen LogP contribution in [0.5, 0.6) is 0 Å². The molecule has 3 aliphatic heterocycles. The van der Waals surface area contributed by atoms with Crippen LogP contribution in [0.2, 0.25) is 0 Å². The number of anilines is 1. The normalized spacial score (nSPS) is 21.7. The number of benzene rings is 2. The van der Waals surface area contributed by atoms with Gasteiger partial charge in [-0.15, -0.1) is 0 Å². The molecule has 3 aliphatic rings. The molecule has 1 unspecified atom stereocenters. The quantitative estimate of drug-likeness (QED) is 0.764. The summed E-state index contributed by atoms with van der Waals surface area (Å²) in [6.07, 6.45) is 0. The van der Waals surface area contributed by atoms with Crippen molar-refractivity contribution in [2.75, 3.05) is 38.1 Å². The highest BCUT2D eigenvalue weighted by Crippen LogP contribution is 2.49. The predicted molar refractivity (Wildman–Crippen MR) is 118 cm³/mol. The topological polar surface area (TPSA) is 39.2 Å². The van der Waals surface area contributed by atoms with E-state index in [2.05, 4.69) is 53.2 Å². The lowest BCUT2D eigenvalue weighted by Gasteiger charge is -2.39. The molecular weight excluding hydrogens is 380 g/mol. The highest BCUT2D eigenvalue weighted by molar-refractivity contribution is 8.14. The number of aliphatic imine (C=N–C) groups is 1. The number of carbonyl (C=O) groups excluding carboxylic acids is 1. The second-order valence-corrected chi connectivity index (χ2v) is 8.75. The van der Waals surface area contributed by atoms with Crippen molar-refractivity contribution in [1.82, 2.24) is 9.80 Å². The minimum atomic E-state index is -0.160. The third kappa shape index (κ3) is 3.16. The summed E-state index contributed by atoms with van der Waals surface area (Å²) in [5, 5.41) is 0.951. The molecule has 1 saturated heterocycles. The van der Waals surface area contributed by atoms with Gasteiger partial charge in [-0.1, -0.05) is 42.5 Å². The molecule has 29 heavy (non-hydrogen) atoms. The number of hydrogen-bond donors (Lipinski definition) is 0. The van der Waals surface area contributed by atoms with Crippen molar-refractivity contribution in [2.45, 2.75) is 17.9 Å². The van der Waals surface area contributed by atoms with E-state index < -0.39 is 0 Å². The first-order valence-corrected chi connectivity index (χ1v) is 10.8. The Morgan fingerprint density at radius 2 is 1.69 bits per heavy atom. The minimum Gasteiger partial charge on any atom is -0.336 e. The lowest BCUT2D eigenvalue weighted by molar-refractivity contribution is -0.129. The number of amides is 1. The van der Waals surface area contributed by atoms with Crippen molar-refractivity contribution in [2.24, 2.45) is 4.99 Å². The van der Waals surface area contributed by atoms with Gasteiger partial charge in [0, 0.05) is 31.1 Å². The molecule has 0 radical (unpaired) electrons. The largest absolute Gasteiger partial charge is 0.336 e. The van der Waals surface area contributed by atoms with Crippen LogP contribution in [-0.4, -0.2) is 54.1 Å². The van der Waals surface area contributed by atoms with E-state index in [0.29, 0.717) is 0 Å². The molecule has 3 heterocycles. The summed E-state index contributed by atoms with van der Waals surface area (Å²) in [6.45, 7) is 5.31. The molecule has 1 fully saturated rings. The summed E-state index contributed by atoms with van der Waals surface area (Å²) in [6, 6.07) is 18.5. The average molecular weight is 405 g/mol. The van der Waals surface area contributed by atoms with Gasteiger partial charge < -0.3 is 14.7 Å². The molecule has 0 aromatic heterocycles. The third-order valence-electron chi connectivity index (χ3n) is 5.85. The highest BCUT2D eigenvalue weighted by atomic mass is 32.2. The van der Waals surface area contributed by atoms with Crippen LogP contribution in [0.15, 0.2) is 75.8 Å². The standard InChI is InChI=1S/C23H24N4OS/c1-16-20(22(28)26-14-12-25(2)13-15-26)21(17-8-4-3-5-9-17)27-18-10-6-7-11-19(18)29-23(27)24-16/h3-11,21H,12-15H2,1-2H3. The van der Waals surface area contributed by atoms with Gasteiger partial charge in [-0.2, -0.15) is 0 Å². The van der Waals surface area contributed by atoms with Gasteiger partial charge in [0.2, 0.25) is 0 Å². The number of rotatable bonds is 2. The van der Waals surface area contributed by atoms with E-state index in [1.54, 1.807) is 11.8 Å². The summed E-state index contributed by atoms with van der Waals surface area (Å²) in [5.74, 6) is 0.113. The van der Waals surface area contributed by atoms with Crippen molar-refractivity contribution in [3.63, 3.8) is 0 Å². The predicted octanol–water partition coefficient (Wildman–Crippen LogP) is 3.76. The fourth-order valence-corrected chi connectivity index (χ4v) is 5.35. The summed E-state index contributed by atoms with van der Waals surface area (Å²) in [4.78, 5) is 26.3. The van der Waals surface area contributed by atoms with Crippen molar-refractivity contribution >= 4 is 28.5 Å². The lowest BCUT2D eigenvalue weighted by atomic mass is 9.93. The van der Waals surface area contributed by atoms with Gasteiger partial charge in [-0.05, 0) is 43.4 Å². The number of fused-ring (bicyclic) bond motifs is 3. The lowest BCUT2D eigenvalue weighted by Crippen LogP contribution is -2.49. The number of para-hydroxylation sites is 1. The fraction of sp³-hybridized carbons (Fsp3) is 0.304. The smallest absolute Gasteiger partial charge is 0.254 e. The zero-order chi connectivity index (χ0) is 20.0. The maximum Gasteiger partial charge on any atom is 0.254 e. The molecule has 1 amide bonds. The van der Waals surface area contributed by atoms with Crippen LogP contribution in [0.25, 0.3) is 0 Å². The first-order valence-electron chi connectivity index (χ1n) is 10.0. The first-order chi connectivity index (χ1) is 14.1. The Labute approximate surface area is 175 Å². The van der Waals surface area contributed by atoms with Crippen LogP contribution in [0.1, 0.15) is 18.5 Å². The Balaban J connectivity index is 1.61. The summed E-state index contributed by atoms with van der Waals surface area (Å²) in [7, 11) is 2.11. The Hall–Kier alpha value is -2.57. The number of carbonyl (C=O) groups is 1. The van der Waals surface area contributed by atoms with Crippen LogP contribution in [0, 0.1) is 0 Å². The second kappa shape index (κ2) is 7.35. The van der Waals surface area contributed by atoms with Crippen LogP contribution >= 0.6 is 11.8 Å². The maximum absolute atomic E-state index is 13.7. The number of allylic oxidation sites excluding steroid dienone is 1. The number of amidine groups is 1. The molecule has 1 atom stereocenters. The Morgan fingerprint density at radius 3 is 2.45 bits per heavy atom. The minimum absolute atomic E-state index is 0.113. The summed E-state index contributed by atoms with van der Waals surface area (Å²) >= 11 is 1.68. The van der Waals surface area contributed by atoms with Gasteiger partial charge in [0.05, 0.1) is 23.0 Å². The molecule has 6 heteroatoms. The van der Waals surface area contributed by atoms with Crippen molar-refractivity contribution < 1.29 is 4.79 Å². The van der Waals surface area contributed by atoms with Gasteiger partial charge in [0.25, 0.3) is 5.91 Å². The zero-order valence-corrected chi connectivity index (χ0v) is 17.5. The molecule has 0 bridgehead atoms. The van der Waals surface area contributed by atoms with E-state index in [1.165, 1.54) is 4.90 Å². The molecule has 0 saturated carbocycles. The fourth-order valence-electron chi connectivity index (χ4n) is 4.25. The van der Waals surface area contributed by atoms with Gasteiger partial charge in [0.1, 0.15) is 0 Å². The number of thioether (sulfide) groups is 1. The number of likely N-dealkylation sites (N-methyl/N-ethyl adjacent to an activating group) is 1. The highest BCUT2D eigenvalue weighted by Gasteiger charge is 2.42. The van der Waals surface area contributed by atoms with Crippen molar-refractivity contribution in [1.29, 1.82) is 0 Å². The van der Waals surface area contributed by atoms with Crippen LogP contribution in [-0.2, 0) is 4.79 Å². The monoisotopic (exact) mass is 404 g/mol. The average Bonchev–Trinajstić information content (AvgIpc) is 3.11. The van der Waals surface area contributed by atoms with Gasteiger partial charge in [-0.3, -0.25) is 4.79 Å². The SMILES string of the molecule is CC1=C(C(=O)N2CCN(C)CC2)C(c2ccccc2)N2C(=N1)Sc1ccccc12. The molecule has 2 aromatic rings. The number of hydrogen-bond acceptors (Lipinski definition) is 5. The van der Waals surface area contributed by atoms with Crippen LogP contribution in [0.4, 0.5) is 5.69 Å². The Kier molecular flexibility index (Phi) is 4.68. The van der Waals surface area contributed by atoms with E-state index in [0.717, 1.165) is 53.9 Å². The van der Waals surface area contributed by atoms with E-state index >= 15 is 0 Å². The van der Waals surface area contributed by atoms with Crippen LogP contribution < -0.4 is 4.90 Å². The Bertz CT molecular complexity index is 1010.